The molecule has 0 amide bonds. The summed E-state index contributed by atoms with van der Waals surface area (Å²) in [6.45, 7) is 4.29. The van der Waals surface area contributed by atoms with Gasteiger partial charge in [-0.3, -0.25) is 14.3 Å². The molecule has 0 saturated heterocycles. The van der Waals surface area contributed by atoms with E-state index in [-0.39, 0.29) is 16.0 Å². The van der Waals surface area contributed by atoms with E-state index in [2.05, 4.69) is 4.98 Å². The maximum Gasteiger partial charge on any atom is 0.329 e. The lowest BCUT2D eigenvalue weighted by Crippen LogP contribution is -2.38. The number of aromatic nitrogens is 2. The molecule has 1 heterocycles. The van der Waals surface area contributed by atoms with Crippen LogP contribution in [0.1, 0.15) is 12.5 Å². The van der Waals surface area contributed by atoms with Crippen LogP contribution in [0.2, 0.25) is 5.15 Å². The standard InChI is InChI=1S/C15H17ClN2O2S/c1-9-4-6-11(7-5-9)12-13(16)17-15(20)18(14(12)19)8-10(2)21-3/h4-7,10H,8H2,1-3H3,(H,17,20). The first kappa shape index (κ1) is 15.9. The minimum absolute atomic E-state index is 0.0851. The summed E-state index contributed by atoms with van der Waals surface area (Å²) in [5, 5.41) is 0.248. The first-order valence-electron chi connectivity index (χ1n) is 6.56. The third-order valence-corrected chi connectivity index (χ3v) is 4.56. The Bertz CT molecular complexity index is 750. The Balaban J connectivity index is 2.62. The van der Waals surface area contributed by atoms with Crippen LogP contribution in [0.25, 0.3) is 11.1 Å². The number of nitrogens with one attached hydrogen (secondary N) is 1. The summed E-state index contributed by atoms with van der Waals surface area (Å²) in [6.07, 6.45) is 1.95. The molecule has 1 unspecified atom stereocenters. The van der Waals surface area contributed by atoms with Crippen molar-refractivity contribution < 1.29 is 0 Å². The van der Waals surface area contributed by atoms with Gasteiger partial charge in [0.05, 0.1) is 5.56 Å². The molecule has 1 N–H and O–H groups in total. The number of H-pyrrole nitrogens is 1. The smallest absolute Gasteiger partial charge is 0.297 e. The molecule has 0 radical (unpaired) electrons. The highest BCUT2D eigenvalue weighted by Crippen LogP contribution is 2.22. The predicted molar refractivity (Wildman–Crippen MR) is 89.5 cm³/mol. The fraction of sp³-hybridized carbons (Fsp3) is 0.333. The van der Waals surface area contributed by atoms with Crippen molar-refractivity contribution in [2.24, 2.45) is 0 Å². The molecule has 1 aromatic carbocycles. The summed E-state index contributed by atoms with van der Waals surface area (Å²) >= 11 is 7.68. The molecular formula is C15H17ClN2O2S. The highest BCUT2D eigenvalue weighted by Gasteiger charge is 2.15. The summed E-state index contributed by atoms with van der Waals surface area (Å²) in [5.41, 5.74) is 1.31. The molecule has 0 fully saturated rings. The Morgan fingerprint density at radius 1 is 1.29 bits per heavy atom. The van der Waals surface area contributed by atoms with Gasteiger partial charge in [0.1, 0.15) is 5.15 Å². The van der Waals surface area contributed by atoms with Crippen LogP contribution in [0.3, 0.4) is 0 Å². The molecule has 21 heavy (non-hydrogen) atoms. The molecular weight excluding hydrogens is 308 g/mol. The number of aromatic amines is 1. The lowest BCUT2D eigenvalue weighted by Gasteiger charge is -2.12. The Labute approximate surface area is 132 Å². The summed E-state index contributed by atoms with van der Waals surface area (Å²) < 4.78 is 1.21. The van der Waals surface area contributed by atoms with E-state index in [0.29, 0.717) is 17.7 Å². The van der Waals surface area contributed by atoms with Gasteiger partial charge in [-0.25, -0.2) is 4.79 Å². The van der Waals surface area contributed by atoms with Crippen molar-refractivity contribution in [2.75, 3.05) is 6.26 Å². The van der Waals surface area contributed by atoms with Gasteiger partial charge in [-0.15, -0.1) is 0 Å². The minimum atomic E-state index is -0.471. The topological polar surface area (TPSA) is 54.9 Å². The largest absolute Gasteiger partial charge is 0.329 e. The van der Waals surface area contributed by atoms with Gasteiger partial charge in [-0.05, 0) is 18.7 Å². The van der Waals surface area contributed by atoms with Crippen LogP contribution in [-0.4, -0.2) is 21.1 Å². The number of hydrogen-bond acceptors (Lipinski definition) is 3. The third-order valence-electron chi connectivity index (χ3n) is 3.32. The van der Waals surface area contributed by atoms with Gasteiger partial charge in [0, 0.05) is 11.8 Å². The Morgan fingerprint density at radius 3 is 2.48 bits per heavy atom. The highest BCUT2D eigenvalue weighted by molar-refractivity contribution is 7.99. The molecule has 1 aromatic heterocycles. The molecule has 6 heteroatoms. The van der Waals surface area contributed by atoms with E-state index in [4.69, 9.17) is 11.6 Å². The second-order valence-electron chi connectivity index (χ2n) is 4.95. The summed E-state index contributed by atoms with van der Waals surface area (Å²) in [7, 11) is 0. The lowest BCUT2D eigenvalue weighted by atomic mass is 10.1. The third kappa shape index (κ3) is 3.41. The normalized spacial score (nSPS) is 12.4. The summed E-state index contributed by atoms with van der Waals surface area (Å²) in [5.74, 6) is 0. The van der Waals surface area contributed by atoms with Gasteiger partial charge >= 0.3 is 5.69 Å². The SMILES string of the molecule is CSC(C)Cn1c(=O)[nH]c(Cl)c(-c2ccc(C)cc2)c1=O. The van der Waals surface area contributed by atoms with Crippen LogP contribution in [-0.2, 0) is 6.54 Å². The first-order chi connectivity index (χ1) is 9.93. The van der Waals surface area contributed by atoms with Crippen molar-refractivity contribution in [1.82, 2.24) is 9.55 Å². The van der Waals surface area contributed by atoms with Crippen LogP contribution in [0.4, 0.5) is 0 Å². The summed E-state index contributed by atoms with van der Waals surface area (Å²) in [6, 6.07) is 7.48. The molecule has 2 aromatic rings. The van der Waals surface area contributed by atoms with E-state index in [1.165, 1.54) is 4.57 Å². The average Bonchev–Trinajstić information content (AvgIpc) is 2.45. The Morgan fingerprint density at radius 2 is 1.90 bits per heavy atom. The molecule has 0 aliphatic carbocycles. The summed E-state index contributed by atoms with van der Waals surface area (Å²) in [4.78, 5) is 27.1. The van der Waals surface area contributed by atoms with E-state index >= 15 is 0 Å². The zero-order chi connectivity index (χ0) is 15.6. The number of aryl methyl sites for hydroxylation is 1. The van der Waals surface area contributed by atoms with Crippen LogP contribution in [0.15, 0.2) is 33.9 Å². The van der Waals surface area contributed by atoms with E-state index in [1.807, 2.05) is 44.4 Å². The second kappa shape index (κ2) is 6.54. The zero-order valence-electron chi connectivity index (χ0n) is 12.1. The van der Waals surface area contributed by atoms with Crippen LogP contribution >= 0.6 is 23.4 Å². The number of nitrogens with zero attached hydrogens (tertiary/aromatic N) is 1. The van der Waals surface area contributed by atoms with Crippen molar-refractivity contribution >= 4 is 23.4 Å². The molecule has 4 nitrogen and oxygen atoms in total. The molecule has 0 aliphatic heterocycles. The molecule has 1 atom stereocenters. The van der Waals surface area contributed by atoms with Crippen molar-refractivity contribution in [1.29, 1.82) is 0 Å². The van der Waals surface area contributed by atoms with Crippen molar-refractivity contribution in [2.45, 2.75) is 25.6 Å². The minimum Gasteiger partial charge on any atom is -0.297 e. The molecule has 112 valence electrons. The monoisotopic (exact) mass is 324 g/mol. The van der Waals surface area contributed by atoms with Gasteiger partial charge in [-0.1, -0.05) is 48.4 Å². The second-order valence-corrected chi connectivity index (χ2v) is 6.60. The highest BCUT2D eigenvalue weighted by atomic mass is 35.5. The molecule has 0 bridgehead atoms. The van der Waals surface area contributed by atoms with Crippen molar-refractivity contribution in [3.63, 3.8) is 0 Å². The van der Waals surface area contributed by atoms with Crippen LogP contribution < -0.4 is 11.2 Å². The maximum atomic E-state index is 12.6. The number of rotatable bonds is 4. The zero-order valence-corrected chi connectivity index (χ0v) is 13.7. The predicted octanol–water partition coefficient (Wildman–Crippen LogP) is 2.92. The number of benzene rings is 1. The number of hydrogen-bond donors (Lipinski definition) is 1. The van der Waals surface area contributed by atoms with Crippen molar-refractivity contribution in [3.8, 4) is 11.1 Å². The van der Waals surface area contributed by atoms with E-state index in [9.17, 15) is 9.59 Å². The van der Waals surface area contributed by atoms with Gasteiger partial charge in [-0.2, -0.15) is 11.8 Å². The van der Waals surface area contributed by atoms with Crippen molar-refractivity contribution in [3.05, 3.63) is 55.8 Å². The Kier molecular flexibility index (Phi) is 4.96. The van der Waals surface area contributed by atoms with Gasteiger partial charge in [0.15, 0.2) is 0 Å². The quantitative estimate of drug-likeness (QED) is 0.880. The van der Waals surface area contributed by atoms with E-state index in [1.54, 1.807) is 11.8 Å². The average molecular weight is 325 g/mol. The van der Waals surface area contributed by atoms with E-state index < -0.39 is 5.69 Å². The maximum absolute atomic E-state index is 12.6. The number of halogens is 1. The molecule has 0 aliphatic rings. The molecule has 2 rings (SSSR count). The molecule has 0 spiro atoms. The van der Waals surface area contributed by atoms with Gasteiger partial charge in [0.2, 0.25) is 0 Å². The van der Waals surface area contributed by atoms with E-state index in [0.717, 1.165) is 5.56 Å². The molecule has 0 saturated carbocycles. The van der Waals surface area contributed by atoms with Crippen LogP contribution in [0, 0.1) is 6.92 Å². The fourth-order valence-electron chi connectivity index (χ4n) is 2.01. The van der Waals surface area contributed by atoms with Gasteiger partial charge in [0.25, 0.3) is 5.56 Å². The lowest BCUT2D eigenvalue weighted by molar-refractivity contribution is 0.627. The number of thioether (sulfide) groups is 1. The Hall–Kier alpha value is -1.46. The van der Waals surface area contributed by atoms with Crippen LogP contribution in [0.5, 0.6) is 0 Å². The van der Waals surface area contributed by atoms with Gasteiger partial charge < -0.3 is 0 Å². The fourth-order valence-corrected chi connectivity index (χ4v) is 2.58. The first-order valence-corrected chi connectivity index (χ1v) is 8.23.